The second kappa shape index (κ2) is 11.1. The minimum absolute atomic E-state index is 0.336. The zero-order valence-corrected chi connectivity index (χ0v) is 27.8. The van der Waals surface area contributed by atoms with E-state index in [0.717, 1.165) is 16.0 Å². The molecular formula is C38H33Cl2N3O4. The van der Waals surface area contributed by atoms with E-state index in [1.807, 2.05) is 80.6 Å². The third-order valence-corrected chi connectivity index (χ3v) is 11.1. The van der Waals surface area contributed by atoms with E-state index in [1.54, 1.807) is 38.1 Å². The van der Waals surface area contributed by atoms with E-state index in [2.05, 4.69) is 10.6 Å². The van der Waals surface area contributed by atoms with Crippen molar-refractivity contribution in [3.8, 4) is 0 Å². The molecule has 0 unspecified atom stereocenters. The lowest BCUT2D eigenvalue weighted by atomic mass is 9.54. The topological polar surface area (TPSA) is 95.6 Å². The molecule has 3 atom stereocenters. The van der Waals surface area contributed by atoms with Gasteiger partial charge in [-0.05, 0) is 71.8 Å². The molecule has 1 saturated heterocycles. The summed E-state index contributed by atoms with van der Waals surface area (Å²) in [6.45, 7) is 7.47. The Labute approximate surface area is 283 Å². The highest BCUT2D eigenvalue weighted by atomic mass is 35.5. The van der Waals surface area contributed by atoms with Crippen LogP contribution >= 0.6 is 23.2 Å². The molecule has 1 aliphatic heterocycles. The van der Waals surface area contributed by atoms with Crippen LogP contribution in [-0.4, -0.2) is 34.6 Å². The van der Waals surface area contributed by atoms with Gasteiger partial charge in [-0.3, -0.25) is 24.1 Å². The van der Waals surface area contributed by atoms with E-state index in [-0.39, 0.29) is 5.91 Å². The number of carbonyl (C=O) groups excluding carboxylic acids is 4. The van der Waals surface area contributed by atoms with Gasteiger partial charge in [0.1, 0.15) is 15.8 Å². The molecule has 238 valence electrons. The summed E-state index contributed by atoms with van der Waals surface area (Å²) >= 11 is 15.1. The number of hydrogen-bond donors (Lipinski definition) is 2. The van der Waals surface area contributed by atoms with Gasteiger partial charge in [0, 0.05) is 16.9 Å². The summed E-state index contributed by atoms with van der Waals surface area (Å²) in [5.74, 6) is -4.41. The second-order valence-electron chi connectivity index (χ2n) is 13.0. The first kappa shape index (κ1) is 31.2. The quantitative estimate of drug-likeness (QED) is 0.169. The van der Waals surface area contributed by atoms with E-state index in [1.165, 1.54) is 0 Å². The van der Waals surface area contributed by atoms with Crippen molar-refractivity contribution in [1.29, 1.82) is 0 Å². The highest BCUT2D eigenvalue weighted by molar-refractivity contribution is 6.36. The predicted molar refractivity (Wildman–Crippen MR) is 183 cm³/mol. The maximum absolute atomic E-state index is 14.5. The Hall–Kier alpha value is -4.46. The van der Waals surface area contributed by atoms with Gasteiger partial charge in [0.2, 0.25) is 17.7 Å². The van der Waals surface area contributed by atoms with Crippen LogP contribution < -0.4 is 10.6 Å². The van der Waals surface area contributed by atoms with Crippen LogP contribution in [0.5, 0.6) is 0 Å². The largest absolute Gasteiger partial charge is 0.324 e. The average molecular weight is 667 g/mol. The Morgan fingerprint density at radius 3 is 1.74 bits per heavy atom. The van der Waals surface area contributed by atoms with E-state index >= 15 is 0 Å². The SMILES string of the molecule is Cc1ccc(NC(=O)c2cccc(NC(=O)[C@H](C(C)C)N3C(=O)[C@H]4[C@H](C3=O)C3(Cl)c5ccccc5C4(Cl)c4ccccc43)c2)c(C)c1. The molecule has 47 heavy (non-hydrogen) atoms. The number of nitrogens with one attached hydrogen (secondary N) is 2. The minimum atomic E-state index is -1.34. The summed E-state index contributed by atoms with van der Waals surface area (Å²) in [4.78, 5) is 54.6. The standard InChI is InChI=1S/C38H33Cl2N3O4/c1-20(2)32(34(45)41-24-11-9-10-23(19-24)33(44)42-29-17-16-21(3)18-22(29)4)43-35(46)30-31(36(43)47)38(40)26-13-6-5-12-25(26)37(30,39)27-14-7-8-15-28(27)38/h5-20,30-32H,1-4H3,(H,41,45)(H,42,44)/t30-,31-,32+,37?,38?/m1/s1. The zero-order valence-electron chi connectivity index (χ0n) is 26.3. The van der Waals surface area contributed by atoms with Crippen molar-refractivity contribution in [3.05, 3.63) is 130 Å². The van der Waals surface area contributed by atoms with E-state index < -0.39 is 51.3 Å². The number of imide groups is 1. The fourth-order valence-corrected chi connectivity index (χ4v) is 8.88. The third-order valence-electron chi connectivity index (χ3n) is 9.82. The average Bonchev–Trinajstić information content (AvgIpc) is 3.31. The highest BCUT2D eigenvalue weighted by Crippen LogP contribution is 2.69. The molecule has 3 aliphatic carbocycles. The molecule has 4 amide bonds. The maximum Gasteiger partial charge on any atom is 0.255 e. The third kappa shape index (κ3) is 4.47. The number of hydrogen-bond acceptors (Lipinski definition) is 4. The van der Waals surface area contributed by atoms with Gasteiger partial charge in [0.05, 0.1) is 11.8 Å². The fraction of sp³-hybridized carbons (Fsp3) is 0.263. The summed E-state index contributed by atoms with van der Waals surface area (Å²) in [5, 5.41) is 5.78. The molecular weight excluding hydrogens is 633 g/mol. The molecule has 4 aliphatic rings. The number of alkyl halides is 2. The van der Waals surface area contributed by atoms with Gasteiger partial charge in [-0.2, -0.15) is 0 Å². The lowest BCUT2D eigenvalue weighted by Gasteiger charge is -2.54. The Morgan fingerprint density at radius 2 is 1.26 bits per heavy atom. The number of nitrogens with zero attached hydrogens (tertiary/aromatic N) is 1. The molecule has 4 aromatic rings. The summed E-state index contributed by atoms with van der Waals surface area (Å²) < 4.78 is 0. The number of halogens is 2. The van der Waals surface area contributed by atoms with Crippen molar-refractivity contribution in [1.82, 2.24) is 4.90 Å². The van der Waals surface area contributed by atoms with Gasteiger partial charge in [0.15, 0.2) is 0 Å². The second-order valence-corrected chi connectivity index (χ2v) is 14.2. The molecule has 0 spiro atoms. The Kier molecular flexibility index (Phi) is 7.34. The minimum Gasteiger partial charge on any atom is -0.324 e. The van der Waals surface area contributed by atoms with Gasteiger partial charge < -0.3 is 10.6 Å². The molecule has 7 nitrogen and oxygen atoms in total. The first-order valence-electron chi connectivity index (χ1n) is 15.6. The summed E-state index contributed by atoms with van der Waals surface area (Å²) in [6.07, 6.45) is 0. The van der Waals surface area contributed by atoms with E-state index in [0.29, 0.717) is 39.2 Å². The van der Waals surface area contributed by atoms with Crippen molar-refractivity contribution in [3.63, 3.8) is 0 Å². The van der Waals surface area contributed by atoms with Crippen molar-refractivity contribution in [2.24, 2.45) is 17.8 Å². The van der Waals surface area contributed by atoms with Crippen molar-refractivity contribution >= 4 is 58.2 Å². The molecule has 2 N–H and O–H groups in total. The summed E-state index contributed by atoms with van der Waals surface area (Å²) in [6, 6.07) is 26.0. The Morgan fingerprint density at radius 1 is 0.723 bits per heavy atom. The van der Waals surface area contributed by atoms with Crippen molar-refractivity contribution in [2.75, 3.05) is 10.6 Å². The Balaban J connectivity index is 1.21. The van der Waals surface area contributed by atoms with Crippen LogP contribution in [0.15, 0.2) is 91.0 Å². The zero-order chi connectivity index (χ0) is 33.4. The van der Waals surface area contributed by atoms with E-state index in [4.69, 9.17) is 23.2 Å². The van der Waals surface area contributed by atoms with Crippen LogP contribution in [0.25, 0.3) is 0 Å². The number of amides is 4. The van der Waals surface area contributed by atoms with Crippen LogP contribution in [0.3, 0.4) is 0 Å². The highest BCUT2D eigenvalue weighted by Gasteiger charge is 2.73. The number of benzene rings is 4. The first-order valence-corrected chi connectivity index (χ1v) is 16.4. The van der Waals surface area contributed by atoms with Crippen LogP contribution in [0.4, 0.5) is 11.4 Å². The van der Waals surface area contributed by atoms with Crippen LogP contribution in [0.2, 0.25) is 0 Å². The van der Waals surface area contributed by atoms with Crippen LogP contribution in [0, 0.1) is 31.6 Å². The number of anilines is 2. The molecule has 0 aromatic heterocycles. The smallest absolute Gasteiger partial charge is 0.255 e. The van der Waals surface area contributed by atoms with Gasteiger partial charge in [-0.15, -0.1) is 23.2 Å². The molecule has 0 saturated carbocycles. The molecule has 4 aromatic carbocycles. The molecule has 2 bridgehead atoms. The lowest BCUT2D eigenvalue weighted by molar-refractivity contribution is -0.148. The number of aryl methyl sites for hydroxylation is 2. The van der Waals surface area contributed by atoms with Crippen molar-refractivity contribution in [2.45, 2.75) is 43.5 Å². The first-order chi connectivity index (χ1) is 22.4. The van der Waals surface area contributed by atoms with E-state index in [9.17, 15) is 19.2 Å². The van der Waals surface area contributed by atoms with Gasteiger partial charge in [0.25, 0.3) is 5.91 Å². The summed E-state index contributed by atoms with van der Waals surface area (Å²) in [7, 11) is 0. The summed E-state index contributed by atoms with van der Waals surface area (Å²) in [5.41, 5.74) is 6.18. The number of likely N-dealkylation sites (tertiary alicyclic amines) is 1. The number of rotatable bonds is 6. The predicted octanol–water partition coefficient (Wildman–Crippen LogP) is 7.11. The molecule has 8 rings (SSSR count). The van der Waals surface area contributed by atoms with Gasteiger partial charge in [-0.1, -0.05) is 86.1 Å². The van der Waals surface area contributed by atoms with Crippen molar-refractivity contribution < 1.29 is 19.2 Å². The normalized spacial score (nSPS) is 24.4. The maximum atomic E-state index is 14.5. The Bertz CT molecular complexity index is 1880. The van der Waals surface area contributed by atoms with Crippen LogP contribution in [-0.2, 0) is 24.1 Å². The fourth-order valence-electron chi connectivity index (χ4n) is 7.78. The molecule has 0 radical (unpaired) electrons. The molecule has 1 heterocycles. The molecule has 1 fully saturated rings. The monoisotopic (exact) mass is 665 g/mol. The lowest BCUT2D eigenvalue weighted by Crippen LogP contribution is -2.57. The van der Waals surface area contributed by atoms with Gasteiger partial charge in [-0.25, -0.2) is 0 Å². The number of carbonyl (C=O) groups is 4. The molecule has 9 heteroatoms. The van der Waals surface area contributed by atoms with Crippen LogP contribution in [0.1, 0.15) is 57.6 Å². The van der Waals surface area contributed by atoms with Gasteiger partial charge >= 0.3 is 0 Å².